The fraction of sp³-hybridized carbons (Fsp3) is 0.278. The number of rotatable bonds is 7. The minimum atomic E-state index is -0.937. The van der Waals surface area contributed by atoms with Crippen LogP contribution in [0.15, 0.2) is 40.9 Å². The van der Waals surface area contributed by atoms with Gasteiger partial charge >= 0.3 is 5.97 Å². The lowest BCUT2D eigenvalue weighted by molar-refractivity contribution is 0.0697. The molecular formula is C18H20BrNO3. The van der Waals surface area contributed by atoms with Gasteiger partial charge in [-0.1, -0.05) is 18.2 Å². The molecule has 0 unspecified atom stereocenters. The maximum Gasteiger partial charge on any atom is 0.337 e. The van der Waals surface area contributed by atoms with Crippen LogP contribution in [-0.2, 0) is 0 Å². The predicted octanol–water partition coefficient (Wildman–Crippen LogP) is 4.65. The number of benzene rings is 2. The van der Waals surface area contributed by atoms with Gasteiger partial charge < -0.3 is 15.2 Å². The van der Waals surface area contributed by atoms with Crippen molar-refractivity contribution in [1.82, 2.24) is 0 Å². The Morgan fingerprint density at radius 3 is 2.70 bits per heavy atom. The topological polar surface area (TPSA) is 58.6 Å². The number of nitrogens with one attached hydrogen (secondary N) is 1. The Labute approximate surface area is 144 Å². The van der Waals surface area contributed by atoms with E-state index in [9.17, 15) is 9.90 Å². The van der Waals surface area contributed by atoms with E-state index >= 15 is 0 Å². The number of aromatic carboxylic acids is 1. The molecule has 5 heteroatoms. The van der Waals surface area contributed by atoms with Gasteiger partial charge in [0, 0.05) is 11.0 Å². The highest BCUT2D eigenvalue weighted by Gasteiger charge is 2.13. The Morgan fingerprint density at radius 2 is 2.00 bits per heavy atom. The minimum absolute atomic E-state index is 0.275. The molecule has 0 atom stereocenters. The summed E-state index contributed by atoms with van der Waals surface area (Å²) in [5, 5.41) is 12.5. The van der Waals surface area contributed by atoms with Crippen LogP contribution in [-0.4, -0.2) is 24.2 Å². The Hall–Kier alpha value is -2.01. The van der Waals surface area contributed by atoms with Gasteiger partial charge in [0.15, 0.2) is 0 Å². The Kier molecular flexibility index (Phi) is 6.04. The van der Waals surface area contributed by atoms with E-state index in [1.54, 1.807) is 6.07 Å². The van der Waals surface area contributed by atoms with Crippen LogP contribution in [0.5, 0.6) is 5.75 Å². The summed E-state index contributed by atoms with van der Waals surface area (Å²) in [7, 11) is 0. The maximum absolute atomic E-state index is 11.4. The highest BCUT2D eigenvalue weighted by atomic mass is 79.9. The molecule has 0 fully saturated rings. The van der Waals surface area contributed by atoms with E-state index in [4.69, 9.17) is 4.74 Å². The second-order valence-corrected chi connectivity index (χ2v) is 6.22. The van der Waals surface area contributed by atoms with Crippen molar-refractivity contribution in [1.29, 1.82) is 0 Å². The summed E-state index contributed by atoms with van der Waals surface area (Å²) in [4.78, 5) is 11.4. The summed E-state index contributed by atoms with van der Waals surface area (Å²) < 4.78 is 6.49. The summed E-state index contributed by atoms with van der Waals surface area (Å²) in [5.41, 5.74) is 2.90. The zero-order valence-corrected chi connectivity index (χ0v) is 14.8. The minimum Gasteiger partial charge on any atom is -0.493 e. The Bertz CT molecular complexity index is 701. The van der Waals surface area contributed by atoms with Gasteiger partial charge in [-0.2, -0.15) is 0 Å². The van der Waals surface area contributed by atoms with Gasteiger partial charge in [0.25, 0.3) is 0 Å². The van der Waals surface area contributed by atoms with E-state index in [1.807, 2.05) is 44.2 Å². The van der Waals surface area contributed by atoms with Gasteiger partial charge in [-0.25, -0.2) is 4.79 Å². The van der Waals surface area contributed by atoms with Gasteiger partial charge in [0.2, 0.25) is 0 Å². The smallest absolute Gasteiger partial charge is 0.337 e. The van der Waals surface area contributed by atoms with Gasteiger partial charge in [-0.15, -0.1) is 0 Å². The first-order valence-electron chi connectivity index (χ1n) is 7.45. The first kappa shape index (κ1) is 17.3. The number of halogens is 1. The number of carbonyl (C=O) groups is 1. The van der Waals surface area contributed by atoms with Crippen molar-refractivity contribution >= 4 is 27.6 Å². The third-order valence-electron chi connectivity index (χ3n) is 3.44. The summed E-state index contributed by atoms with van der Waals surface area (Å²) in [6.07, 6.45) is 0.772. The Morgan fingerprint density at radius 1 is 1.26 bits per heavy atom. The number of carboxylic acid groups (broad SMARTS) is 1. The van der Waals surface area contributed by atoms with Crippen molar-refractivity contribution in [2.75, 3.05) is 18.5 Å². The zero-order chi connectivity index (χ0) is 16.8. The summed E-state index contributed by atoms with van der Waals surface area (Å²) >= 11 is 3.42. The lowest BCUT2D eigenvalue weighted by Gasteiger charge is -2.13. The first-order valence-corrected chi connectivity index (χ1v) is 8.24. The number of para-hydroxylation sites is 1. The SMILES string of the molecule is Cc1cc(Br)c(NCCCOc2ccccc2C)c(C(=O)O)c1. The molecule has 0 amide bonds. The highest BCUT2D eigenvalue weighted by molar-refractivity contribution is 9.10. The molecule has 0 saturated heterocycles. The number of ether oxygens (including phenoxy) is 1. The molecule has 0 aromatic heterocycles. The molecule has 23 heavy (non-hydrogen) atoms. The zero-order valence-electron chi connectivity index (χ0n) is 13.2. The fourth-order valence-corrected chi connectivity index (χ4v) is 2.99. The van der Waals surface area contributed by atoms with Crippen molar-refractivity contribution in [3.8, 4) is 5.75 Å². The molecule has 0 aliphatic rings. The quantitative estimate of drug-likeness (QED) is 0.689. The van der Waals surface area contributed by atoms with E-state index in [0.717, 1.165) is 27.8 Å². The van der Waals surface area contributed by atoms with Crippen LogP contribution in [0.1, 0.15) is 27.9 Å². The van der Waals surface area contributed by atoms with Crippen molar-refractivity contribution < 1.29 is 14.6 Å². The maximum atomic E-state index is 11.4. The standard InChI is InChI=1S/C18H20BrNO3/c1-12-10-14(18(21)22)17(15(19)11-12)20-8-5-9-23-16-7-4-3-6-13(16)2/h3-4,6-7,10-11,20H,5,8-9H2,1-2H3,(H,21,22). The normalized spacial score (nSPS) is 10.4. The summed E-state index contributed by atoms with van der Waals surface area (Å²) in [6.45, 7) is 5.09. The number of anilines is 1. The molecule has 0 bridgehead atoms. The van der Waals surface area contributed by atoms with Crippen LogP contribution in [0.4, 0.5) is 5.69 Å². The van der Waals surface area contributed by atoms with E-state index in [0.29, 0.717) is 18.8 Å². The monoisotopic (exact) mass is 377 g/mol. The van der Waals surface area contributed by atoms with Crippen LogP contribution in [0.3, 0.4) is 0 Å². The van der Waals surface area contributed by atoms with E-state index < -0.39 is 5.97 Å². The summed E-state index contributed by atoms with van der Waals surface area (Å²) in [6, 6.07) is 11.4. The molecule has 4 nitrogen and oxygen atoms in total. The first-order chi connectivity index (χ1) is 11.0. The molecule has 2 rings (SSSR count). The van der Waals surface area contributed by atoms with Crippen LogP contribution < -0.4 is 10.1 Å². The molecule has 122 valence electrons. The lowest BCUT2D eigenvalue weighted by atomic mass is 10.1. The highest BCUT2D eigenvalue weighted by Crippen LogP contribution is 2.28. The van der Waals surface area contributed by atoms with Crippen LogP contribution >= 0.6 is 15.9 Å². The lowest BCUT2D eigenvalue weighted by Crippen LogP contribution is -2.11. The third kappa shape index (κ3) is 4.73. The molecule has 2 N–H and O–H groups in total. The number of hydrogen-bond donors (Lipinski definition) is 2. The third-order valence-corrected chi connectivity index (χ3v) is 4.06. The average molecular weight is 378 g/mol. The number of hydrogen-bond acceptors (Lipinski definition) is 3. The van der Waals surface area contributed by atoms with Crippen LogP contribution in [0, 0.1) is 13.8 Å². The van der Waals surface area contributed by atoms with Gasteiger partial charge in [0.1, 0.15) is 5.75 Å². The average Bonchev–Trinajstić information content (AvgIpc) is 2.49. The van der Waals surface area contributed by atoms with E-state index in [2.05, 4.69) is 21.2 Å². The van der Waals surface area contributed by atoms with Crippen molar-refractivity contribution in [3.05, 3.63) is 57.6 Å². The van der Waals surface area contributed by atoms with Gasteiger partial charge in [0.05, 0.1) is 17.9 Å². The van der Waals surface area contributed by atoms with Crippen LogP contribution in [0.2, 0.25) is 0 Å². The van der Waals surface area contributed by atoms with Gasteiger partial charge in [-0.3, -0.25) is 0 Å². The van der Waals surface area contributed by atoms with Crippen molar-refractivity contribution in [2.45, 2.75) is 20.3 Å². The van der Waals surface area contributed by atoms with E-state index in [-0.39, 0.29) is 5.56 Å². The molecule has 0 aliphatic heterocycles. The molecule has 0 aliphatic carbocycles. The molecule has 0 spiro atoms. The second-order valence-electron chi connectivity index (χ2n) is 5.37. The Balaban J connectivity index is 1.90. The van der Waals surface area contributed by atoms with Crippen molar-refractivity contribution in [3.63, 3.8) is 0 Å². The largest absolute Gasteiger partial charge is 0.493 e. The molecular weight excluding hydrogens is 358 g/mol. The molecule has 0 heterocycles. The molecule has 2 aromatic rings. The number of aryl methyl sites for hydroxylation is 2. The fourth-order valence-electron chi connectivity index (χ4n) is 2.28. The van der Waals surface area contributed by atoms with Crippen molar-refractivity contribution in [2.24, 2.45) is 0 Å². The van der Waals surface area contributed by atoms with E-state index in [1.165, 1.54) is 0 Å². The second kappa shape index (κ2) is 8.02. The van der Waals surface area contributed by atoms with Gasteiger partial charge in [-0.05, 0) is 65.5 Å². The predicted molar refractivity (Wildman–Crippen MR) is 95.6 cm³/mol. The molecule has 0 radical (unpaired) electrons. The summed E-state index contributed by atoms with van der Waals surface area (Å²) in [5.74, 6) is -0.0525. The molecule has 2 aromatic carbocycles. The number of carboxylic acids is 1. The van der Waals surface area contributed by atoms with Crippen LogP contribution in [0.25, 0.3) is 0 Å². The molecule has 0 saturated carbocycles.